The number of thiocarbonyl (C=S) groups is 1. The molecule has 0 unspecified atom stereocenters. The minimum atomic E-state index is -0.647. The van der Waals surface area contributed by atoms with E-state index in [-0.39, 0.29) is 12.1 Å². The van der Waals surface area contributed by atoms with E-state index < -0.39 is 5.41 Å². The number of benzene rings is 1. The van der Waals surface area contributed by atoms with E-state index in [2.05, 4.69) is 4.98 Å². The lowest BCUT2D eigenvalue weighted by atomic mass is 9.67. The highest BCUT2D eigenvalue weighted by molar-refractivity contribution is 7.80. The molecule has 1 fully saturated rings. The Labute approximate surface area is 147 Å². The van der Waals surface area contributed by atoms with Gasteiger partial charge in [-0.15, -0.1) is 0 Å². The van der Waals surface area contributed by atoms with Gasteiger partial charge in [-0.3, -0.25) is 4.98 Å². The van der Waals surface area contributed by atoms with E-state index in [0.717, 1.165) is 31.2 Å². The molecule has 0 spiro atoms. The van der Waals surface area contributed by atoms with Crippen LogP contribution >= 0.6 is 12.2 Å². The van der Waals surface area contributed by atoms with E-state index in [1.807, 2.05) is 30.3 Å². The van der Waals surface area contributed by atoms with Gasteiger partial charge in [0.15, 0.2) is 0 Å². The second-order valence-corrected chi connectivity index (χ2v) is 6.52. The van der Waals surface area contributed by atoms with Crippen molar-refractivity contribution in [3.63, 3.8) is 0 Å². The lowest BCUT2D eigenvalue weighted by molar-refractivity contribution is 0.00460. The third-order valence-electron chi connectivity index (χ3n) is 4.71. The summed E-state index contributed by atoms with van der Waals surface area (Å²) in [5.74, 6) is -0.341. The molecule has 3 rings (SSSR count). The van der Waals surface area contributed by atoms with E-state index >= 15 is 0 Å². The fraction of sp³-hybridized carbons (Fsp3) is 0.316. The predicted octanol–water partition coefficient (Wildman–Crippen LogP) is 3.41. The summed E-state index contributed by atoms with van der Waals surface area (Å²) >= 11 is 5.41. The van der Waals surface area contributed by atoms with Crippen molar-refractivity contribution >= 4 is 23.2 Å². The molecule has 1 aromatic heterocycles. The molecule has 1 aliphatic rings. The monoisotopic (exact) mass is 340 g/mol. The van der Waals surface area contributed by atoms with Gasteiger partial charge >= 0.3 is 5.97 Å². The maximum atomic E-state index is 12.5. The molecule has 0 radical (unpaired) electrons. The Morgan fingerprint density at radius 3 is 2.67 bits per heavy atom. The van der Waals surface area contributed by atoms with Crippen LogP contribution in [0.4, 0.5) is 0 Å². The number of aromatic nitrogens is 1. The van der Waals surface area contributed by atoms with Gasteiger partial charge in [-0.25, -0.2) is 4.79 Å². The summed E-state index contributed by atoms with van der Waals surface area (Å²) in [6.07, 6.45) is 6.59. The molecular formula is C19H20N2O2S. The molecule has 1 saturated carbocycles. The van der Waals surface area contributed by atoms with Crippen molar-refractivity contribution in [2.75, 3.05) is 0 Å². The lowest BCUT2D eigenvalue weighted by Gasteiger charge is -2.42. The Morgan fingerprint density at radius 2 is 2.00 bits per heavy atom. The van der Waals surface area contributed by atoms with Gasteiger partial charge in [-0.1, -0.05) is 42.9 Å². The van der Waals surface area contributed by atoms with Crippen LogP contribution < -0.4 is 5.73 Å². The Kier molecular flexibility index (Phi) is 4.90. The molecule has 0 amide bonds. The quantitative estimate of drug-likeness (QED) is 0.682. The number of nitrogens with zero attached hydrogens (tertiary/aromatic N) is 1. The Balaban J connectivity index is 1.94. The first-order valence-electron chi connectivity index (χ1n) is 8.11. The molecule has 0 aliphatic heterocycles. The summed E-state index contributed by atoms with van der Waals surface area (Å²) in [7, 11) is 0. The maximum absolute atomic E-state index is 12.5. The molecule has 5 heteroatoms. The van der Waals surface area contributed by atoms with Gasteiger partial charge in [0.1, 0.15) is 6.10 Å². The van der Waals surface area contributed by atoms with Gasteiger partial charge in [-0.2, -0.15) is 0 Å². The molecule has 2 N–H and O–H groups in total. The number of pyridine rings is 1. The van der Waals surface area contributed by atoms with Crippen LogP contribution in [-0.2, 0) is 10.2 Å². The van der Waals surface area contributed by atoms with E-state index in [1.54, 1.807) is 24.5 Å². The summed E-state index contributed by atoms with van der Waals surface area (Å²) in [5, 5.41) is 0. The van der Waals surface area contributed by atoms with Crippen molar-refractivity contribution in [3.8, 4) is 0 Å². The molecule has 4 nitrogen and oxygen atoms in total. The number of hydrogen-bond donors (Lipinski definition) is 1. The fourth-order valence-corrected chi connectivity index (χ4v) is 3.80. The first kappa shape index (κ1) is 16.6. The molecule has 124 valence electrons. The summed E-state index contributed by atoms with van der Waals surface area (Å²) in [4.78, 5) is 17.1. The molecule has 24 heavy (non-hydrogen) atoms. The normalized spacial score (nSPS) is 23.4. The van der Waals surface area contributed by atoms with Crippen molar-refractivity contribution in [3.05, 3.63) is 66.0 Å². The number of carbonyl (C=O) groups is 1. The standard InChI is InChI=1S/C19H20N2O2S/c20-18(24)19(15-9-6-12-21-13-15)11-5-4-10-16(19)23-17(22)14-7-2-1-3-8-14/h1-3,6-9,12-13,16H,4-5,10-11H2,(H2,20,24)/t16-,19+/m1/s1. The van der Waals surface area contributed by atoms with Crippen molar-refractivity contribution < 1.29 is 9.53 Å². The van der Waals surface area contributed by atoms with Crippen molar-refractivity contribution in [2.24, 2.45) is 5.73 Å². The molecule has 1 aromatic carbocycles. The van der Waals surface area contributed by atoms with Crippen molar-refractivity contribution in [2.45, 2.75) is 37.2 Å². The maximum Gasteiger partial charge on any atom is 0.338 e. The highest BCUT2D eigenvalue weighted by atomic mass is 32.1. The third kappa shape index (κ3) is 3.04. The number of rotatable bonds is 4. The van der Waals surface area contributed by atoms with Gasteiger partial charge in [-0.05, 0) is 43.0 Å². The molecule has 1 aliphatic carbocycles. The minimum Gasteiger partial charge on any atom is -0.457 e. The number of hydrogen-bond acceptors (Lipinski definition) is 4. The van der Waals surface area contributed by atoms with Gasteiger partial charge in [0.2, 0.25) is 0 Å². The fourth-order valence-electron chi connectivity index (χ4n) is 3.45. The topological polar surface area (TPSA) is 65.2 Å². The summed E-state index contributed by atoms with van der Waals surface area (Å²) in [5.41, 5.74) is 6.96. The zero-order valence-electron chi connectivity index (χ0n) is 13.4. The zero-order chi connectivity index (χ0) is 17.0. The second kappa shape index (κ2) is 7.09. The van der Waals surface area contributed by atoms with Crippen molar-refractivity contribution in [1.29, 1.82) is 0 Å². The first-order valence-corrected chi connectivity index (χ1v) is 8.52. The molecule has 1 heterocycles. The lowest BCUT2D eigenvalue weighted by Crippen LogP contribution is -2.53. The zero-order valence-corrected chi connectivity index (χ0v) is 14.2. The molecular weight excluding hydrogens is 320 g/mol. The van der Waals surface area contributed by atoms with Crippen LogP contribution in [0.1, 0.15) is 41.6 Å². The molecule has 2 aromatic rings. The first-order chi connectivity index (χ1) is 11.6. The van der Waals surface area contributed by atoms with E-state index in [9.17, 15) is 4.79 Å². The van der Waals surface area contributed by atoms with Crippen LogP contribution in [-0.4, -0.2) is 22.0 Å². The van der Waals surface area contributed by atoms with Crippen molar-refractivity contribution in [1.82, 2.24) is 4.98 Å². The number of carbonyl (C=O) groups excluding carboxylic acids is 1. The molecule has 0 saturated heterocycles. The van der Waals surface area contributed by atoms with Crippen LogP contribution in [0.5, 0.6) is 0 Å². The third-order valence-corrected chi connectivity index (χ3v) is 5.08. The van der Waals surface area contributed by atoms with Crippen LogP contribution in [0.25, 0.3) is 0 Å². The Morgan fingerprint density at radius 1 is 1.21 bits per heavy atom. The minimum absolute atomic E-state index is 0.341. The summed E-state index contributed by atoms with van der Waals surface area (Å²) in [6, 6.07) is 12.8. The number of nitrogens with two attached hydrogens (primary N) is 1. The van der Waals surface area contributed by atoms with Crippen LogP contribution in [0.15, 0.2) is 54.9 Å². The predicted molar refractivity (Wildman–Crippen MR) is 96.8 cm³/mol. The Bertz CT molecular complexity index is 721. The SMILES string of the molecule is NC(=S)[C@]1(c2cccnc2)CCCC[C@H]1OC(=O)c1ccccc1. The average molecular weight is 340 g/mol. The van der Waals surface area contributed by atoms with Crippen LogP contribution in [0.2, 0.25) is 0 Å². The average Bonchev–Trinajstić information content (AvgIpc) is 2.63. The second-order valence-electron chi connectivity index (χ2n) is 6.08. The summed E-state index contributed by atoms with van der Waals surface area (Å²) < 4.78 is 5.87. The van der Waals surface area contributed by atoms with Crippen LogP contribution in [0.3, 0.4) is 0 Å². The van der Waals surface area contributed by atoms with E-state index in [0.29, 0.717) is 10.6 Å². The van der Waals surface area contributed by atoms with Gasteiger partial charge in [0, 0.05) is 12.4 Å². The van der Waals surface area contributed by atoms with Gasteiger partial charge in [0.05, 0.1) is 16.0 Å². The van der Waals surface area contributed by atoms with Crippen LogP contribution in [0, 0.1) is 0 Å². The van der Waals surface area contributed by atoms with E-state index in [1.165, 1.54) is 0 Å². The Hall–Kier alpha value is -2.27. The largest absolute Gasteiger partial charge is 0.457 e. The van der Waals surface area contributed by atoms with E-state index in [4.69, 9.17) is 22.7 Å². The number of esters is 1. The smallest absolute Gasteiger partial charge is 0.338 e. The summed E-state index contributed by atoms with van der Waals surface area (Å²) in [6.45, 7) is 0. The molecule has 0 bridgehead atoms. The number of ether oxygens (including phenoxy) is 1. The highest BCUT2D eigenvalue weighted by Crippen LogP contribution is 2.41. The van der Waals surface area contributed by atoms with Gasteiger partial charge in [0.25, 0.3) is 0 Å². The molecule has 2 atom stereocenters. The van der Waals surface area contributed by atoms with Gasteiger partial charge < -0.3 is 10.5 Å². The highest BCUT2D eigenvalue weighted by Gasteiger charge is 2.47.